The smallest absolute Gasteiger partial charge is 0.306 e. The number of hydrogen-bond acceptors (Lipinski definition) is 2. The Bertz CT molecular complexity index is 891. The molecule has 2 aromatic carbocycles. The maximum Gasteiger partial charge on any atom is 0.306 e. The normalized spacial score (nSPS) is 11.8. The van der Waals surface area contributed by atoms with Crippen molar-refractivity contribution in [3.05, 3.63) is 77.3 Å². The van der Waals surface area contributed by atoms with Crippen LogP contribution >= 0.6 is 0 Å². The Morgan fingerprint density at radius 2 is 2.00 bits per heavy atom. The quantitative estimate of drug-likeness (QED) is 0.542. The van der Waals surface area contributed by atoms with Gasteiger partial charge in [-0.15, -0.1) is 0 Å². The highest BCUT2D eigenvalue weighted by atomic mass is 16.5. The minimum Gasteiger partial charge on any atom is -0.466 e. The van der Waals surface area contributed by atoms with E-state index < -0.39 is 0 Å². The predicted molar refractivity (Wildman–Crippen MR) is 94.1 cm³/mol. The van der Waals surface area contributed by atoms with Crippen LogP contribution in [-0.2, 0) is 9.53 Å². The van der Waals surface area contributed by atoms with E-state index in [-0.39, 0.29) is 11.9 Å². The Hall–Kier alpha value is -3.06. The van der Waals surface area contributed by atoms with Crippen LogP contribution in [0.2, 0.25) is 0 Å². The Morgan fingerprint density at radius 1 is 1.21 bits per heavy atom. The highest BCUT2D eigenvalue weighted by Gasteiger charge is 2.19. The molecule has 0 aliphatic carbocycles. The summed E-state index contributed by atoms with van der Waals surface area (Å²) in [4.78, 5) is 18.7. The molecule has 1 N–H and O–H groups in total. The van der Waals surface area contributed by atoms with E-state index in [4.69, 9.17) is 11.3 Å². The van der Waals surface area contributed by atoms with Crippen molar-refractivity contribution in [2.45, 2.75) is 19.3 Å². The van der Waals surface area contributed by atoms with Gasteiger partial charge in [0.2, 0.25) is 5.69 Å². The third-order valence-corrected chi connectivity index (χ3v) is 4.08. The van der Waals surface area contributed by atoms with Crippen LogP contribution in [0, 0.1) is 6.57 Å². The van der Waals surface area contributed by atoms with E-state index in [1.54, 1.807) is 6.20 Å². The molecule has 3 rings (SSSR count). The molecule has 0 bridgehead atoms. The summed E-state index contributed by atoms with van der Waals surface area (Å²) in [6, 6.07) is 15.9. The van der Waals surface area contributed by atoms with Gasteiger partial charge in [-0.3, -0.25) is 4.79 Å². The summed E-state index contributed by atoms with van der Waals surface area (Å²) in [7, 11) is 0. The van der Waals surface area contributed by atoms with E-state index in [1.165, 1.54) is 0 Å². The number of benzene rings is 2. The van der Waals surface area contributed by atoms with Crippen molar-refractivity contribution in [1.29, 1.82) is 0 Å². The molecule has 4 heteroatoms. The number of fused-ring (bicyclic) bond motifs is 1. The summed E-state index contributed by atoms with van der Waals surface area (Å²) in [5, 5.41) is 0.900. The number of carbonyl (C=O) groups excluding carboxylic acids is 1. The molecule has 3 aromatic rings. The highest BCUT2D eigenvalue weighted by Crippen LogP contribution is 2.33. The van der Waals surface area contributed by atoms with Crippen molar-refractivity contribution in [3.63, 3.8) is 0 Å². The lowest BCUT2D eigenvalue weighted by atomic mass is 9.88. The number of esters is 1. The van der Waals surface area contributed by atoms with Gasteiger partial charge in [-0.05, 0) is 24.1 Å². The highest BCUT2D eigenvalue weighted by molar-refractivity contribution is 5.93. The summed E-state index contributed by atoms with van der Waals surface area (Å²) < 4.78 is 5.14. The number of rotatable bonds is 5. The number of nitrogens with zero attached hydrogens (tertiary/aromatic N) is 1. The van der Waals surface area contributed by atoms with Crippen LogP contribution in [0.15, 0.2) is 54.7 Å². The number of hydrogen-bond donors (Lipinski definition) is 1. The molecule has 0 aliphatic heterocycles. The lowest BCUT2D eigenvalue weighted by molar-refractivity contribution is -0.143. The third-order valence-electron chi connectivity index (χ3n) is 4.08. The Kier molecular flexibility index (Phi) is 4.62. The van der Waals surface area contributed by atoms with Gasteiger partial charge in [-0.25, -0.2) is 4.85 Å². The molecular formula is C20H18N2O2. The summed E-state index contributed by atoms with van der Waals surface area (Å²) in [5.74, 6) is -0.283. The fraction of sp³-hybridized carbons (Fsp3) is 0.200. The maximum absolute atomic E-state index is 12.0. The molecule has 1 heterocycles. The number of H-pyrrole nitrogens is 1. The maximum atomic E-state index is 12.0. The predicted octanol–water partition coefficient (Wildman–Crippen LogP) is 4.80. The molecule has 0 radical (unpaired) electrons. The molecule has 0 saturated heterocycles. The van der Waals surface area contributed by atoms with E-state index in [0.29, 0.717) is 18.7 Å². The number of aromatic amines is 1. The van der Waals surface area contributed by atoms with E-state index in [9.17, 15) is 4.79 Å². The Balaban J connectivity index is 2.01. The monoisotopic (exact) mass is 318 g/mol. The molecule has 1 aromatic heterocycles. The summed E-state index contributed by atoms with van der Waals surface area (Å²) >= 11 is 0. The Morgan fingerprint density at radius 3 is 2.71 bits per heavy atom. The van der Waals surface area contributed by atoms with E-state index in [2.05, 4.69) is 9.83 Å². The van der Waals surface area contributed by atoms with Crippen molar-refractivity contribution in [2.75, 3.05) is 6.61 Å². The van der Waals surface area contributed by atoms with Gasteiger partial charge in [-0.1, -0.05) is 42.5 Å². The molecule has 120 valence electrons. The topological polar surface area (TPSA) is 46.5 Å². The molecule has 0 saturated carbocycles. The molecule has 24 heavy (non-hydrogen) atoms. The van der Waals surface area contributed by atoms with Gasteiger partial charge in [0.15, 0.2) is 0 Å². The van der Waals surface area contributed by atoms with E-state index in [1.807, 2.05) is 55.5 Å². The second-order valence-electron chi connectivity index (χ2n) is 5.56. The van der Waals surface area contributed by atoms with Crippen LogP contribution in [0.25, 0.3) is 15.7 Å². The first kappa shape index (κ1) is 15.8. The molecule has 1 unspecified atom stereocenters. The third kappa shape index (κ3) is 3.16. The van der Waals surface area contributed by atoms with Crippen LogP contribution in [0.3, 0.4) is 0 Å². The van der Waals surface area contributed by atoms with Gasteiger partial charge >= 0.3 is 5.97 Å². The van der Waals surface area contributed by atoms with Crippen molar-refractivity contribution in [3.8, 4) is 0 Å². The molecule has 0 amide bonds. The van der Waals surface area contributed by atoms with Gasteiger partial charge in [0.05, 0.1) is 19.6 Å². The summed E-state index contributed by atoms with van der Waals surface area (Å²) in [6.45, 7) is 9.39. The zero-order valence-corrected chi connectivity index (χ0v) is 13.5. The zero-order valence-electron chi connectivity index (χ0n) is 13.5. The van der Waals surface area contributed by atoms with Gasteiger partial charge < -0.3 is 9.72 Å². The first-order valence-corrected chi connectivity index (χ1v) is 7.92. The molecule has 4 nitrogen and oxygen atoms in total. The molecule has 1 atom stereocenters. The lowest BCUT2D eigenvalue weighted by Gasteiger charge is -2.17. The number of carbonyl (C=O) groups is 1. The first-order chi connectivity index (χ1) is 11.7. The fourth-order valence-electron chi connectivity index (χ4n) is 2.94. The van der Waals surface area contributed by atoms with Crippen LogP contribution in [0.1, 0.15) is 30.4 Å². The Labute approximate surface area is 140 Å². The van der Waals surface area contributed by atoms with Gasteiger partial charge in [0.25, 0.3) is 0 Å². The van der Waals surface area contributed by atoms with Crippen molar-refractivity contribution < 1.29 is 9.53 Å². The summed E-state index contributed by atoms with van der Waals surface area (Å²) in [6.07, 6.45) is 2.00. The standard InChI is InChI=1S/C20H18N2O2/c1-3-24-20(23)12-17(14-7-5-4-6-8-14)15-9-10-16-18(11-15)22-13-19(16)21-2/h4-11,13,17,22H,3,12H2,1H3. The van der Waals surface area contributed by atoms with E-state index >= 15 is 0 Å². The van der Waals surface area contributed by atoms with Crippen LogP contribution in [0.4, 0.5) is 5.69 Å². The second-order valence-corrected chi connectivity index (χ2v) is 5.56. The SMILES string of the molecule is [C-]#[N+]c1c[nH]c2cc(C(CC(=O)OCC)c3ccccc3)ccc12. The molecule has 0 fully saturated rings. The average molecular weight is 318 g/mol. The average Bonchev–Trinajstić information content (AvgIpc) is 3.03. The molecule has 0 aliphatic rings. The van der Waals surface area contributed by atoms with Crippen molar-refractivity contribution >= 4 is 22.6 Å². The van der Waals surface area contributed by atoms with Crippen LogP contribution in [0.5, 0.6) is 0 Å². The van der Waals surface area contributed by atoms with Gasteiger partial charge in [0, 0.05) is 23.0 Å². The van der Waals surface area contributed by atoms with Crippen molar-refractivity contribution in [1.82, 2.24) is 4.98 Å². The molecule has 0 spiro atoms. The van der Waals surface area contributed by atoms with Crippen molar-refractivity contribution in [2.24, 2.45) is 0 Å². The number of aromatic nitrogens is 1. The number of nitrogens with one attached hydrogen (secondary N) is 1. The van der Waals surface area contributed by atoms with Gasteiger partial charge in [-0.2, -0.15) is 0 Å². The summed E-state index contributed by atoms with van der Waals surface area (Å²) in [5.41, 5.74) is 3.61. The second kappa shape index (κ2) is 7.01. The molecular weight excluding hydrogens is 300 g/mol. The van der Waals surface area contributed by atoms with Crippen LogP contribution < -0.4 is 0 Å². The lowest BCUT2D eigenvalue weighted by Crippen LogP contribution is -2.11. The fourth-order valence-corrected chi connectivity index (χ4v) is 2.94. The first-order valence-electron chi connectivity index (χ1n) is 7.92. The zero-order chi connectivity index (χ0) is 16.9. The van der Waals surface area contributed by atoms with E-state index in [0.717, 1.165) is 22.0 Å². The largest absolute Gasteiger partial charge is 0.466 e. The minimum absolute atomic E-state index is 0.0747. The minimum atomic E-state index is -0.209. The van der Waals surface area contributed by atoms with Crippen LogP contribution in [-0.4, -0.2) is 17.6 Å². The number of ether oxygens (including phenoxy) is 1. The van der Waals surface area contributed by atoms with Gasteiger partial charge in [0.1, 0.15) is 0 Å².